The molecule has 1 aliphatic heterocycles. The van der Waals surface area contributed by atoms with E-state index in [9.17, 15) is 4.79 Å². The van der Waals surface area contributed by atoms with Crippen molar-refractivity contribution in [1.29, 1.82) is 0 Å². The minimum absolute atomic E-state index is 0.218. The predicted molar refractivity (Wildman–Crippen MR) is 70.5 cm³/mol. The maximum atomic E-state index is 11.2. The predicted octanol–water partition coefficient (Wildman–Crippen LogP) is 1.42. The van der Waals surface area contributed by atoms with E-state index in [2.05, 4.69) is 5.32 Å². The van der Waals surface area contributed by atoms with Crippen LogP contribution in [0.3, 0.4) is 0 Å². The second-order valence-corrected chi connectivity index (χ2v) is 4.36. The molecule has 0 aliphatic carbocycles. The highest BCUT2D eigenvalue weighted by Crippen LogP contribution is 2.34. The van der Waals surface area contributed by atoms with Crippen LogP contribution in [0.15, 0.2) is 12.1 Å². The molecule has 1 heterocycles. The first-order valence-electron chi connectivity index (χ1n) is 6.46. The van der Waals surface area contributed by atoms with Crippen LogP contribution in [0.5, 0.6) is 11.5 Å². The smallest absolute Gasteiger partial charge is 0.319 e. The summed E-state index contributed by atoms with van der Waals surface area (Å²) in [5.74, 6) is 1.39. The van der Waals surface area contributed by atoms with Crippen LogP contribution in [0.1, 0.15) is 18.1 Å². The zero-order chi connectivity index (χ0) is 13.7. The van der Waals surface area contributed by atoms with E-state index >= 15 is 0 Å². The van der Waals surface area contributed by atoms with E-state index in [1.165, 1.54) is 11.1 Å². The highest BCUT2D eigenvalue weighted by atomic mass is 16.7. The first-order valence-corrected chi connectivity index (χ1v) is 6.46. The molecule has 0 amide bonds. The van der Waals surface area contributed by atoms with E-state index in [1.54, 1.807) is 6.92 Å². The lowest BCUT2D eigenvalue weighted by Crippen LogP contribution is -2.26. The Morgan fingerprint density at radius 2 is 2.11 bits per heavy atom. The zero-order valence-corrected chi connectivity index (χ0v) is 11.3. The Morgan fingerprint density at radius 1 is 1.37 bits per heavy atom. The minimum atomic E-state index is -0.218. The monoisotopic (exact) mass is 265 g/mol. The van der Waals surface area contributed by atoms with Crippen LogP contribution in [0.4, 0.5) is 0 Å². The average Bonchev–Trinajstić information content (AvgIpc) is 2.82. The third-order valence-corrected chi connectivity index (χ3v) is 2.98. The third kappa shape index (κ3) is 3.61. The van der Waals surface area contributed by atoms with Gasteiger partial charge in [0.15, 0.2) is 11.5 Å². The number of rotatable bonds is 6. The van der Waals surface area contributed by atoms with E-state index in [-0.39, 0.29) is 12.5 Å². The van der Waals surface area contributed by atoms with E-state index in [0.717, 1.165) is 24.5 Å². The number of benzene rings is 1. The molecule has 1 aromatic carbocycles. The van der Waals surface area contributed by atoms with Gasteiger partial charge >= 0.3 is 5.97 Å². The van der Waals surface area contributed by atoms with Crippen LogP contribution in [0.2, 0.25) is 0 Å². The first kappa shape index (κ1) is 13.7. The largest absolute Gasteiger partial charge is 0.465 e. The summed E-state index contributed by atoms with van der Waals surface area (Å²) in [6.45, 7) is 5.52. The Bertz CT molecular complexity index is 459. The molecule has 5 nitrogen and oxygen atoms in total. The van der Waals surface area contributed by atoms with E-state index < -0.39 is 0 Å². The van der Waals surface area contributed by atoms with Gasteiger partial charge in [-0.25, -0.2) is 0 Å². The quantitative estimate of drug-likeness (QED) is 0.622. The molecule has 104 valence electrons. The number of esters is 1. The summed E-state index contributed by atoms with van der Waals surface area (Å²) in [5.41, 5.74) is 2.36. The lowest BCUT2D eigenvalue weighted by molar-refractivity contribution is -0.141. The van der Waals surface area contributed by atoms with Gasteiger partial charge in [0.25, 0.3) is 0 Å². The molecule has 0 aromatic heterocycles. The van der Waals surface area contributed by atoms with Crippen molar-refractivity contribution in [2.75, 3.05) is 26.5 Å². The van der Waals surface area contributed by atoms with Gasteiger partial charge in [0.05, 0.1) is 13.2 Å². The van der Waals surface area contributed by atoms with Crippen LogP contribution in [0.25, 0.3) is 0 Å². The number of fused-ring (bicyclic) bond motifs is 1. The maximum absolute atomic E-state index is 11.2. The zero-order valence-electron chi connectivity index (χ0n) is 11.3. The Morgan fingerprint density at radius 3 is 2.84 bits per heavy atom. The van der Waals surface area contributed by atoms with Gasteiger partial charge in [0.1, 0.15) is 0 Å². The van der Waals surface area contributed by atoms with Gasteiger partial charge in [-0.1, -0.05) is 0 Å². The molecule has 1 aromatic rings. The molecule has 0 unspecified atom stereocenters. The van der Waals surface area contributed by atoms with Crippen LogP contribution in [0, 0.1) is 6.92 Å². The number of aryl methyl sites for hydroxylation is 1. The Labute approximate surface area is 112 Å². The van der Waals surface area contributed by atoms with Gasteiger partial charge in [-0.15, -0.1) is 0 Å². The summed E-state index contributed by atoms with van der Waals surface area (Å²) in [6.07, 6.45) is 0.835. The number of carbonyl (C=O) groups excluding carboxylic acids is 1. The maximum Gasteiger partial charge on any atom is 0.319 e. The highest BCUT2D eigenvalue weighted by molar-refractivity contribution is 5.71. The molecule has 0 fully saturated rings. The number of carbonyl (C=O) groups is 1. The summed E-state index contributed by atoms with van der Waals surface area (Å²) in [7, 11) is 0. The molecule has 19 heavy (non-hydrogen) atoms. The van der Waals surface area contributed by atoms with Crippen LogP contribution < -0.4 is 14.8 Å². The van der Waals surface area contributed by atoms with Crippen molar-refractivity contribution >= 4 is 5.97 Å². The molecule has 0 atom stereocenters. The summed E-state index contributed by atoms with van der Waals surface area (Å²) in [6, 6.07) is 3.99. The number of hydrogen-bond donors (Lipinski definition) is 1. The van der Waals surface area contributed by atoms with Crippen LogP contribution >= 0.6 is 0 Å². The Balaban J connectivity index is 1.82. The lowest BCUT2D eigenvalue weighted by Gasteiger charge is -2.08. The normalized spacial score (nSPS) is 12.5. The molecular formula is C14H19NO4. The molecule has 5 heteroatoms. The van der Waals surface area contributed by atoms with Crippen molar-refractivity contribution in [3.8, 4) is 11.5 Å². The summed E-state index contributed by atoms with van der Waals surface area (Å²) < 4.78 is 15.5. The van der Waals surface area contributed by atoms with Crippen LogP contribution in [-0.4, -0.2) is 32.5 Å². The molecular weight excluding hydrogens is 246 g/mol. The summed E-state index contributed by atoms with van der Waals surface area (Å²) in [4.78, 5) is 11.2. The van der Waals surface area contributed by atoms with Gasteiger partial charge in [-0.2, -0.15) is 0 Å². The Kier molecular flexibility index (Phi) is 4.63. The third-order valence-electron chi connectivity index (χ3n) is 2.98. The van der Waals surface area contributed by atoms with E-state index in [4.69, 9.17) is 14.2 Å². The highest BCUT2D eigenvalue weighted by Gasteiger charge is 2.15. The van der Waals surface area contributed by atoms with Crippen molar-refractivity contribution in [1.82, 2.24) is 5.32 Å². The molecule has 0 bridgehead atoms. The van der Waals surface area contributed by atoms with Gasteiger partial charge in [-0.3, -0.25) is 4.79 Å². The minimum Gasteiger partial charge on any atom is -0.465 e. The Hall–Kier alpha value is -1.75. The van der Waals surface area contributed by atoms with Crippen molar-refractivity contribution in [2.24, 2.45) is 0 Å². The molecule has 0 radical (unpaired) electrons. The van der Waals surface area contributed by atoms with Gasteiger partial charge < -0.3 is 19.5 Å². The first-order chi connectivity index (χ1) is 9.20. The second-order valence-electron chi connectivity index (χ2n) is 4.36. The molecule has 2 rings (SSSR count). The van der Waals surface area contributed by atoms with Crippen molar-refractivity contribution in [3.63, 3.8) is 0 Å². The SMILES string of the molecule is CCOC(=O)CNCCc1cc2c(cc1C)OCO2. The fourth-order valence-corrected chi connectivity index (χ4v) is 1.98. The standard InChI is InChI=1S/C14H19NO4/c1-3-17-14(16)8-15-5-4-11-7-13-12(6-10(11)2)18-9-19-13/h6-7,15H,3-5,8-9H2,1-2H3. The number of nitrogens with one attached hydrogen (secondary N) is 1. The van der Waals surface area contributed by atoms with Crippen molar-refractivity contribution in [3.05, 3.63) is 23.3 Å². The average molecular weight is 265 g/mol. The summed E-state index contributed by atoms with van der Waals surface area (Å²) >= 11 is 0. The number of hydrogen-bond acceptors (Lipinski definition) is 5. The fraction of sp³-hybridized carbons (Fsp3) is 0.500. The number of ether oxygens (including phenoxy) is 3. The molecule has 1 N–H and O–H groups in total. The van der Waals surface area contributed by atoms with Crippen molar-refractivity contribution in [2.45, 2.75) is 20.3 Å². The molecule has 0 saturated carbocycles. The molecule has 1 aliphatic rings. The van der Waals surface area contributed by atoms with Crippen molar-refractivity contribution < 1.29 is 19.0 Å². The van der Waals surface area contributed by atoms with Gasteiger partial charge in [0.2, 0.25) is 6.79 Å². The van der Waals surface area contributed by atoms with Crippen LogP contribution in [-0.2, 0) is 16.0 Å². The van der Waals surface area contributed by atoms with Gasteiger partial charge in [-0.05, 0) is 50.1 Å². The van der Waals surface area contributed by atoms with E-state index in [0.29, 0.717) is 13.4 Å². The lowest BCUT2D eigenvalue weighted by atomic mass is 10.0. The van der Waals surface area contributed by atoms with Gasteiger partial charge in [0, 0.05) is 0 Å². The van der Waals surface area contributed by atoms with E-state index in [1.807, 2.05) is 19.1 Å². The summed E-state index contributed by atoms with van der Waals surface area (Å²) in [5, 5.41) is 3.07. The fourth-order valence-electron chi connectivity index (χ4n) is 1.98. The second kappa shape index (κ2) is 6.43. The molecule has 0 saturated heterocycles. The topological polar surface area (TPSA) is 56.8 Å². The molecule has 0 spiro atoms.